The third kappa shape index (κ3) is 3.95. The van der Waals surface area contributed by atoms with Gasteiger partial charge >= 0.3 is 0 Å². The molecule has 0 fully saturated rings. The fraction of sp³-hybridized carbons (Fsp3) is 0.125. The number of benzene rings is 2. The molecule has 2 aromatic carbocycles. The Hall–Kier alpha value is -2.62. The molecule has 4 heteroatoms. The van der Waals surface area contributed by atoms with Crippen molar-refractivity contribution in [2.45, 2.75) is 13.3 Å². The first-order chi connectivity index (χ1) is 9.65. The summed E-state index contributed by atoms with van der Waals surface area (Å²) >= 11 is 0. The van der Waals surface area contributed by atoms with Gasteiger partial charge in [0.1, 0.15) is 0 Å². The summed E-state index contributed by atoms with van der Waals surface area (Å²) in [7, 11) is 0. The first-order valence-corrected chi connectivity index (χ1v) is 6.38. The average Bonchev–Trinajstić information content (AvgIpc) is 2.46. The molecule has 2 aromatic rings. The molecular weight excluding hydrogens is 250 g/mol. The highest BCUT2D eigenvalue weighted by molar-refractivity contribution is 5.99. The molecule has 102 valence electrons. The second-order valence-corrected chi connectivity index (χ2v) is 4.52. The van der Waals surface area contributed by atoms with Crippen molar-refractivity contribution in [3.8, 4) is 0 Å². The minimum atomic E-state index is -0.133. The lowest BCUT2D eigenvalue weighted by Crippen LogP contribution is -2.21. The number of hydrogen-bond donors (Lipinski definition) is 2. The number of carbonyl (C=O) groups is 1. The zero-order valence-corrected chi connectivity index (χ0v) is 11.3. The number of nitrogen functional groups attached to an aromatic ring is 1. The number of anilines is 1. The van der Waals surface area contributed by atoms with E-state index in [-0.39, 0.29) is 5.91 Å². The van der Waals surface area contributed by atoms with Gasteiger partial charge in [-0.2, -0.15) is 5.10 Å². The van der Waals surface area contributed by atoms with Crippen LogP contribution < -0.4 is 11.2 Å². The van der Waals surface area contributed by atoms with Gasteiger partial charge in [-0.1, -0.05) is 42.5 Å². The van der Waals surface area contributed by atoms with E-state index < -0.39 is 0 Å². The number of hydrogen-bond acceptors (Lipinski definition) is 3. The van der Waals surface area contributed by atoms with Crippen molar-refractivity contribution in [3.63, 3.8) is 0 Å². The monoisotopic (exact) mass is 267 g/mol. The third-order valence-corrected chi connectivity index (χ3v) is 2.88. The van der Waals surface area contributed by atoms with E-state index in [0.29, 0.717) is 12.1 Å². The van der Waals surface area contributed by atoms with Crippen LogP contribution in [-0.2, 0) is 11.2 Å². The highest BCUT2D eigenvalue weighted by atomic mass is 16.2. The van der Waals surface area contributed by atoms with Crippen LogP contribution in [-0.4, -0.2) is 11.6 Å². The predicted molar refractivity (Wildman–Crippen MR) is 81.4 cm³/mol. The lowest BCUT2D eigenvalue weighted by molar-refractivity contribution is -0.120. The van der Waals surface area contributed by atoms with Crippen molar-refractivity contribution in [2.24, 2.45) is 5.10 Å². The van der Waals surface area contributed by atoms with E-state index >= 15 is 0 Å². The van der Waals surface area contributed by atoms with Crippen LogP contribution in [0.4, 0.5) is 5.69 Å². The minimum Gasteiger partial charge on any atom is -0.399 e. The van der Waals surface area contributed by atoms with E-state index in [9.17, 15) is 4.79 Å². The molecule has 20 heavy (non-hydrogen) atoms. The van der Waals surface area contributed by atoms with Crippen LogP contribution in [0, 0.1) is 0 Å². The number of nitrogens with one attached hydrogen (secondary N) is 1. The molecule has 3 N–H and O–H groups in total. The van der Waals surface area contributed by atoms with Crippen LogP contribution in [0.2, 0.25) is 0 Å². The van der Waals surface area contributed by atoms with Gasteiger partial charge in [0.05, 0.1) is 12.1 Å². The summed E-state index contributed by atoms with van der Waals surface area (Å²) in [6.45, 7) is 1.84. The van der Waals surface area contributed by atoms with E-state index in [1.54, 1.807) is 12.1 Å². The summed E-state index contributed by atoms with van der Waals surface area (Å²) < 4.78 is 0. The van der Waals surface area contributed by atoms with Crippen LogP contribution >= 0.6 is 0 Å². The van der Waals surface area contributed by atoms with Gasteiger partial charge in [0, 0.05) is 5.69 Å². The Balaban J connectivity index is 1.95. The fourth-order valence-electron chi connectivity index (χ4n) is 1.76. The highest BCUT2D eigenvalue weighted by Gasteiger charge is 2.02. The Kier molecular flexibility index (Phi) is 4.50. The Morgan fingerprint density at radius 2 is 1.75 bits per heavy atom. The Morgan fingerprint density at radius 1 is 1.10 bits per heavy atom. The lowest BCUT2D eigenvalue weighted by Gasteiger charge is -2.03. The molecule has 0 saturated carbocycles. The van der Waals surface area contributed by atoms with E-state index in [1.165, 1.54) is 0 Å². The number of rotatable bonds is 4. The molecular formula is C16H17N3O. The van der Waals surface area contributed by atoms with E-state index in [4.69, 9.17) is 5.73 Å². The van der Waals surface area contributed by atoms with Gasteiger partial charge < -0.3 is 5.73 Å². The molecule has 2 rings (SSSR count). The molecule has 0 spiro atoms. The largest absolute Gasteiger partial charge is 0.399 e. The molecule has 0 saturated heterocycles. The normalized spacial score (nSPS) is 11.2. The molecule has 0 heterocycles. The fourth-order valence-corrected chi connectivity index (χ4v) is 1.76. The molecule has 0 radical (unpaired) electrons. The van der Waals surface area contributed by atoms with Crippen molar-refractivity contribution < 1.29 is 4.79 Å². The first kappa shape index (κ1) is 13.8. The Bertz CT molecular complexity index is 603. The van der Waals surface area contributed by atoms with Gasteiger partial charge in [0.15, 0.2) is 0 Å². The van der Waals surface area contributed by atoms with Crippen LogP contribution in [0.25, 0.3) is 0 Å². The molecule has 0 unspecified atom stereocenters. The van der Waals surface area contributed by atoms with Crippen molar-refractivity contribution in [1.29, 1.82) is 0 Å². The average molecular weight is 267 g/mol. The molecule has 0 atom stereocenters. The van der Waals surface area contributed by atoms with Gasteiger partial charge in [-0.05, 0) is 30.2 Å². The number of carbonyl (C=O) groups excluding carboxylic acids is 1. The number of amides is 1. The van der Waals surface area contributed by atoms with E-state index in [0.717, 1.165) is 16.8 Å². The molecule has 0 aliphatic rings. The summed E-state index contributed by atoms with van der Waals surface area (Å²) in [6, 6.07) is 16.9. The highest BCUT2D eigenvalue weighted by Crippen LogP contribution is 2.06. The lowest BCUT2D eigenvalue weighted by atomic mass is 10.1. The Labute approximate surface area is 118 Å². The predicted octanol–water partition coefficient (Wildman–Crippen LogP) is 2.35. The topological polar surface area (TPSA) is 67.5 Å². The summed E-state index contributed by atoms with van der Waals surface area (Å²) in [5, 5.41) is 4.10. The van der Waals surface area contributed by atoms with Gasteiger partial charge in [-0.25, -0.2) is 5.43 Å². The minimum absolute atomic E-state index is 0.133. The van der Waals surface area contributed by atoms with Crippen LogP contribution in [0.15, 0.2) is 59.7 Å². The van der Waals surface area contributed by atoms with Gasteiger partial charge in [0.2, 0.25) is 5.91 Å². The Morgan fingerprint density at radius 3 is 2.40 bits per heavy atom. The van der Waals surface area contributed by atoms with E-state index in [2.05, 4.69) is 10.5 Å². The number of hydrazone groups is 1. The van der Waals surface area contributed by atoms with E-state index in [1.807, 2.05) is 49.4 Å². The zero-order chi connectivity index (χ0) is 14.4. The molecule has 0 aliphatic carbocycles. The van der Waals surface area contributed by atoms with Crippen LogP contribution in [0.5, 0.6) is 0 Å². The van der Waals surface area contributed by atoms with Gasteiger partial charge in [-0.15, -0.1) is 0 Å². The molecule has 0 bridgehead atoms. The third-order valence-electron chi connectivity index (χ3n) is 2.88. The summed E-state index contributed by atoms with van der Waals surface area (Å²) in [6.07, 6.45) is 0.319. The molecule has 1 amide bonds. The van der Waals surface area contributed by atoms with Crippen molar-refractivity contribution in [3.05, 3.63) is 65.7 Å². The van der Waals surface area contributed by atoms with Crippen molar-refractivity contribution in [2.75, 3.05) is 5.73 Å². The first-order valence-electron chi connectivity index (χ1n) is 6.38. The molecule has 4 nitrogen and oxygen atoms in total. The SMILES string of the molecule is CC(=NNC(=O)Cc1ccccc1)c1ccc(N)cc1. The van der Waals surface area contributed by atoms with Crippen LogP contribution in [0.1, 0.15) is 18.1 Å². The zero-order valence-electron chi connectivity index (χ0n) is 11.3. The van der Waals surface area contributed by atoms with Crippen molar-refractivity contribution >= 4 is 17.3 Å². The summed E-state index contributed by atoms with van der Waals surface area (Å²) in [5.74, 6) is -0.133. The standard InChI is InChI=1S/C16H17N3O/c1-12(14-7-9-15(17)10-8-14)18-19-16(20)11-13-5-3-2-4-6-13/h2-10H,11,17H2,1H3,(H,19,20). The molecule has 0 aliphatic heterocycles. The number of nitrogens with zero attached hydrogens (tertiary/aromatic N) is 1. The van der Waals surface area contributed by atoms with Gasteiger partial charge in [0.25, 0.3) is 0 Å². The second-order valence-electron chi connectivity index (χ2n) is 4.52. The maximum absolute atomic E-state index is 11.8. The second kappa shape index (κ2) is 6.52. The maximum atomic E-state index is 11.8. The van der Waals surface area contributed by atoms with Crippen molar-refractivity contribution in [1.82, 2.24) is 5.43 Å². The number of nitrogens with two attached hydrogens (primary N) is 1. The van der Waals surface area contributed by atoms with Gasteiger partial charge in [-0.3, -0.25) is 4.79 Å². The summed E-state index contributed by atoms with van der Waals surface area (Å²) in [4.78, 5) is 11.8. The quantitative estimate of drug-likeness (QED) is 0.507. The smallest absolute Gasteiger partial charge is 0.244 e. The molecule has 0 aromatic heterocycles. The summed E-state index contributed by atoms with van der Waals surface area (Å²) in [5.41, 5.74) is 11.5. The maximum Gasteiger partial charge on any atom is 0.244 e. The van der Waals surface area contributed by atoms with Crippen LogP contribution in [0.3, 0.4) is 0 Å².